The fraction of sp³-hybridized carbons (Fsp3) is 0.227. The molecule has 1 unspecified atom stereocenters. The Bertz CT molecular complexity index is 1340. The van der Waals surface area contributed by atoms with Crippen LogP contribution in [0.3, 0.4) is 0 Å². The second-order valence-corrected chi connectivity index (χ2v) is 10.3. The van der Waals surface area contributed by atoms with E-state index in [9.17, 15) is 13.5 Å². The predicted molar refractivity (Wildman–Crippen MR) is 131 cm³/mol. The lowest BCUT2D eigenvalue weighted by Crippen LogP contribution is -2.26. The van der Waals surface area contributed by atoms with Gasteiger partial charge in [-0.25, -0.2) is 8.42 Å². The molecule has 33 heavy (non-hydrogen) atoms. The van der Waals surface area contributed by atoms with Gasteiger partial charge in [0, 0.05) is 35.6 Å². The number of aliphatic hydroxyl groups excluding tert-OH is 1. The number of hydrogen-bond acceptors (Lipinski definition) is 7. The van der Waals surface area contributed by atoms with Crippen molar-refractivity contribution < 1.29 is 18.3 Å². The number of fused-ring (bicyclic) bond motifs is 1. The van der Waals surface area contributed by atoms with E-state index in [0.717, 1.165) is 22.3 Å². The van der Waals surface area contributed by atoms with Gasteiger partial charge in [0.15, 0.2) is 0 Å². The van der Waals surface area contributed by atoms with Crippen molar-refractivity contribution in [3.63, 3.8) is 0 Å². The van der Waals surface area contributed by atoms with Crippen molar-refractivity contribution in [3.05, 3.63) is 69.5 Å². The molecule has 0 fully saturated rings. The third-order valence-electron chi connectivity index (χ3n) is 5.03. The zero-order valence-electron chi connectivity index (χ0n) is 17.7. The van der Waals surface area contributed by atoms with E-state index < -0.39 is 16.1 Å². The normalized spacial score (nSPS) is 12.7. The van der Waals surface area contributed by atoms with Gasteiger partial charge in [-0.1, -0.05) is 17.7 Å². The summed E-state index contributed by atoms with van der Waals surface area (Å²) < 4.78 is 33.2. The number of halogens is 1. The van der Waals surface area contributed by atoms with Crippen LogP contribution in [0.2, 0.25) is 5.02 Å². The molecule has 4 rings (SSSR count). The number of aromatic nitrogens is 2. The minimum Gasteiger partial charge on any atom is -0.492 e. The van der Waals surface area contributed by atoms with Gasteiger partial charge in [-0.2, -0.15) is 16.4 Å². The van der Waals surface area contributed by atoms with Gasteiger partial charge in [0.1, 0.15) is 12.4 Å². The molecule has 0 spiro atoms. The first-order chi connectivity index (χ1) is 15.8. The summed E-state index contributed by atoms with van der Waals surface area (Å²) in [6.45, 7) is 3.15. The first kappa shape index (κ1) is 23.5. The maximum atomic E-state index is 12.5. The van der Waals surface area contributed by atoms with Crippen molar-refractivity contribution >= 4 is 49.6 Å². The van der Waals surface area contributed by atoms with E-state index in [4.69, 9.17) is 16.3 Å². The Morgan fingerprint density at radius 1 is 1.24 bits per heavy atom. The number of aliphatic hydroxyl groups is 1. The zero-order chi connectivity index (χ0) is 23.4. The van der Waals surface area contributed by atoms with E-state index in [2.05, 4.69) is 20.2 Å². The summed E-state index contributed by atoms with van der Waals surface area (Å²) >= 11 is 7.45. The lowest BCUT2D eigenvalue weighted by molar-refractivity contribution is 0.172. The molecule has 0 saturated heterocycles. The molecule has 0 aliphatic rings. The highest BCUT2D eigenvalue weighted by Gasteiger charge is 2.18. The molecule has 2 heterocycles. The van der Waals surface area contributed by atoms with Crippen LogP contribution in [-0.4, -0.2) is 43.4 Å². The summed E-state index contributed by atoms with van der Waals surface area (Å²) in [7, 11) is -3.74. The standard InChI is InChI=1S/C22H23ClN4O4S2/c1-14-18-4-3-16(11-20(18)26-25-14)31-8-7-24-12-22(28)15-2-5-19(23)21(10-15)27-33(29,30)17-6-9-32-13-17/h2-6,9-11,13,22,24,27-28H,7-8,12H2,1H3,(H,25,26). The Labute approximate surface area is 200 Å². The van der Waals surface area contributed by atoms with Crippen molar-refractivity contribution in [1.29, 1.82) is 0 Å². The van der Waals surface area contributed by atoms with Crippen LogP contribution in [-0.2, 0) is 10.0 Å². The summed E-state index contributed by atoms with van der Waals surface area (Å²) in [5.74, 6) is 0.719. The number of aromatic amines is 1. The van der Waals surface area contributed by atoms with E-state index in [1.807, 2.05) is 25.1 Å². The molecular formula is C22H23ClN4O4S2. The number of anilines is 1. The highest BCUT2D eigenvalue weighted by molar-refractivity contribution is 7.92. The number of H-pyrrole nitrogens is 1. The summed E-state index contributed by atoms with van der Waals surface area (Å²) in [5.41, 5.74) is 2.61. The topological polar surface area (TPSA) is 116 Å². The van der Waals surface area contributed by atoms with E-state index in [1.165, 1.54) is 28.8 Å². The number of nitrogens with zero attached hydrogens (tertiary/aromatic N) is 1. The number of hydrogen-bond donors (Lipinski definition) is 4. The maximum Gasteiger partial charge on any atom is 0.262 e. The molecule has 1 atom stereocenters. The van der Waals surface area contributed by atoms with Gasteiger partial charge in [-0.15, -0.1) is 0 Å². The monoisotopic (exact) mass is 506 g/mol. The second kappa shape index (κ2) is 10.1. The van der Waals surface area contributed by atoms with Crippen LogP contribution < -0.4 is 14.8 Å². The van der Waals surface area contributed by atoms with Gasteiger partial charge in [-0.3, -0.25) is 9.82 Å². The van der Waals surface area contributed by atoms with Gasteiger partial charge in [-0.05, 0) is 48.2 Å². The average Bonchev–Trinajstić information content (AvgIpc) is 3.46. The number of aryl methyl sites for hydroxylation is 1. The molecule has 0 saturated carbocycles. The van der Waals surface area contributed by atoms with Crippen molar-refractivity contribution in [3.8, 4) is 5.75 Å². The van der Waals surface area contributed by atoms with Gasteiger partial charge in [0.05, 0.1) is 27.2 Å². The SMILES string of the molecule is Cc1[nH]nc2cc(OCCNCC(O)c3ccc(Cl)c(NS(=O)(=O)c4ccsc4)c3)ccc12. The molecule has 174 valence electrons. The number of benzene rings is 2. The molecule has 0 bridgehead atoms. The molecule has 0 radical (unpaired) electrons. The van der Waals surface area contributed by atoms with Crippen LogP contribution in [0.1, 0.15) is 17.4 Å². The van der Waals surface area contributed by atoms with E-state index in [1.54, 1.807) is 17.5 Å². The van der Waals surface area contributed by atoms with Gasteiger partial charge in [0.25, 0.3) is 10.0 Å². The second-order valence-electron chi connectivity index (χ2n) is 7.40. The minimum atomic E-state index is -3.74. The molecule has 4 N–H and O–H groups in total. The van der Waals surface area contributed by atoms with Gasteiger partial charge in [0.2, 0.25) is 0 Å². The Hall–Kier alpha value is -2.63. The molecule has 11 heteroatoms. The molecule has 2 aromatic carbocycles. The smallest absolute Gasteiger partial charge is 0.262 e. The molecule has 8 nitrogen and oxygen atoms in total. The lowest BCUT2D eigenvalue weighted by atomic mass is 10.1. The molecule has 0 amide bonds. The number of thiophene rings is 1. The largest absolute Gasteiger partial charge is 0.492 e. The first-order valence-corrected chi connectivity index (χ1v) is 12.9. The lowest BCUT2D eigenvalue weighted by Gasteiger charge is -2.15. The Kier molecular flexibility index (Phi) is 7.20. The van der Waals surface area contributed by atoms with Crippen molar-refractivity contribution in [1.82, 2.24) is 15.5 Å². The Morgan fingerprint density at radius 2 is 2.09 bits per heavy atom. The zero-order valence-corrected chi connectivity index (χ0v) is 20.1. The van der Waals surface area contributed by atoms with Gasteiger partial charge < -0.3 is 15.2 Å². The highest BCUT2D eigenvalue weighted by Crippen LogP contribution is 2.28. The quantitative estimate of drug-likeness (QED) is 0.241. The van der Waals surface area contributed by atoms with Crippen LogP contribution >= 0.6 is 22.9 Å². The molecule has 4 aromatic rings. The highest BCUT2D eigenvalue weighted by atomic mass is 35.5. The van der Waals surface area contributed by atoms with E-state index in [0.29, 0.717) is 18.7 Å². The number of ether oxygens (including phenoxy) is 1. The third kappa shape index (κ3) is 5.66. The molecule has 2 aromatic heterocycles. The number of rotatable bonds is 10. The maximum absolute atomic E-state index is 12.5. The van der Waals surface area contributed by atoms with Crippen LogP contribution in [0.4, 0.5) is 5.69 Å². The minimum absolute atomic E-state index is 0.165. The Morgan fingerprint density at radius 3 is 2.88 bits per heavy atom. The first-order valence-electron chi connectivity index (χ1n) is 10.1. The molecular weight excluding hydrogens is 484 g/mol. The van der Waals surface area contributed by atoms with Crippen molar-refractivity contribution in [2.45, 2.75) is 17.9 Å². The molecule has 0 aliphatic heterocycles. The van der Waals surface area contributed by atoms with Crippen molar-refractivity contribution in [2.75, 3.05) is 24.4 Å². The fourth-order valence-electron chi connectivity index (χ4n) is 3.25. The van der Waals surface area contributed by atoms with E-state index >= 15 is 0 Å². The number of nitrogens with one attached hydrogen (secondary N) is 3. The van der Waals surface area contributed by atoms with E-state index in [-0.39, 0.29) is 22.2 Å². The summed E-state index contributed by atoms with van der Waals surface area (Å²) in [4.78, 5) is 0.165. The summed E-state index contributed by atoms with van der Waals surface area (Å²) in [6, 6.07) is 12.0. The van der Waals surface area contributed by atoms with Crippen LogP contribution in [0, 0.1) is 6.92 Å². The van der Waals surface area contributed by atoms with Gasteiger partial charge >= 0.3 is 0 Å². The fourth-order valence-corrected chi connectivity index (χ4v) is 5.57. The Balaban J connectivity index is 1.29. The molecule has 0 aliphatic carbocycles. The summed E-state index contributed by atoms with van der Waals surface area (Å²) in [6.07, 6.45) is -0.852. The van der Waals surface area contributed by atoms with Crippen molar-refractivity contribution in [2.24, 2.45) is 0 Å². The van der Waals surface area contributed by atoms with Crippen LogP contribution in [0.15, 0.2) is 58.1 Å². The average molecular weight is 507 g/mol. The number of sulfonamides is 1. The van der Waals surface area contributed by atoms with Crippen LogP contribution in [0.5, 0.6) is 5.75 Å². The summed E-state index contributed by atoms with van der Waals surface area (Å²) in [5, 5.41) is 25.3. The van der Waals surface area contributed by atoms with Crippen LogP contribution in [0.25, 0.3) is 10.9 Å². The predicted octanol–water partition coefficient (Wildman–Crippen LogP) is 4.09. The third-order valence-corrected chi connectivity index (χ3v) is 7.55.